The van der Waals surface area contributed by atoms with Crippen LogP contribution in [0.1, 0.15) is 16.8 Å². The number of aromatic nitrogens is 2. The van der Waals surface area contributed by atoms with Gasteiger partial charge in [0.15, 0.2) is 11.5 Å². The smallest absolute Gasteiger partial charge is 0.412 e. The Labute approximate surface area is 197 Å². The van der Waals surface area contributed by atoms with Crippen LogP contribution in [0.3, 0.4) is 0 Å². The first-order valence-corrected chi connectivity index (χ1v) is 10.6. The summed E-state index contributed by atoms with van der Waals surface area (Å²) < 4.78 is 17.1. The number of rotatable bonds is 7. The molecule has 0 unspecified atom stereocenters. The number of ether oxygens (including phenoxy) is 3. The summed E-state index contributed by atoms with van der Waals surface area (Å²) in [4.78, 5) is 22.0. The van der Waals surface area contributed by atoms with Gasteiger partial charge in [-0.3, -0.25) is 14.9 Å². The van der Waals surface area contributed by atoms with Crippen LogP contribution in [0, 0.1) is 13.8 Å². The molecule has 1 N–H and O–H groups in total. The maximum atomic E-state index is 12.0. The van der Waals surface area contributed by atoms with Gasteiger partial charge in [-0.1, -0.05) is 6.07 Å². The number of anilines is 1. The van der Waals surface area contributed by atoms with Crippen molar-refractivity contribution in [2.45, 2.75) is 20.4 Å². The van der Waals surface area contributed by atoms with Crippen molar-refractivity contribution in [1.29, 1.82) is 0 Å². The Balaban J connectivity index is 1.70. The van der Waals surface area contributed by atoms with Crippen LogP contribution in [0.5, 0.6) is 23.0 Å². The van der Waals surface area contributed by atoms with Crippen molar-refractivity contribution in [2.24, 2.45) is 0 Å². The number of fused-ring (bicyclic) bond motifs is 1. The van der Waals surface area contributed by atoms with Crippen LogP contribution in [0.15, 0.2) is 60.9 Å². The van der Waals surface area contributed by atoms with E-state index in [4.69, 9.17) is 14.2 Å². The lowest BCUT2D eigenvalue weighted by molar-refractivity contribution is 0.201. The highest BCUT2D eigenvalue weighted by Gasteiger charge is 2.20. The van der Waals surface area contributed by atoms with E-state index in [0.29, 0.717) is 39.9 Å². The minimum atomic E-state index is -1.05. The summed E-state index contributed by atoms with van der Waals surface area (Å²) in [5.41, 5.74) is 3.49. The third-order valence-corrected chi connectivity index (χ3v) is 5.49. The number of nitrogens with zero attached hydrogens (tertiary/aromatic N) is 3. The topological polar surface area (TPSA) is 94.0 Å². The molecule has 0 spiro atoms. The van der Waals surface area contributed by atoms with E-state index in [1.165, 1.54) is 4.90 Å². The van der Waals surface area contributed by atoms with Gasteiger partial charge >= 0.3 is 6.09 Å². The molecule has 34 heavy (non-hydrogen) atoms. The molecule has 0 saturated heterocycles. The number of amides is 1. The standard InChI is InChI=1S/C26H25N3O5/c1-16-12-23(17(2)11-21(16)29(26(30)31)15-18-7-5-6-9-27-18)34-22-8-10-28-20-14-25(33-4)24(32-3)13-19(20)22/h5-14H,15H2,1-4H3,(H,30,31). The molecular weight excluding hydrogens is 434 g/mol. The van der Waals surface area contributed by atoms with E-state index in [2.05, 4.69) is 9.97 Å². The van der Waals surface area contributed by atoms with Gasteiger partial charge in [-0.05, 0) is 61.4 Å². The molecule has 0 fully saturated rings. The number of benzene rings is 2. The van der Waals surface area contributed by atoms with Gasteiger partial charge in [0.2, 0.25) is 0 Å². The SMILES string of the molecule is COc1cc2nccc(Oc3cc(C)c(N(Cc4ccccn4)C(=O)O)cc3C)c2cc1OC. The van der Waals surface area contributed by atoms with E-state index < -0.39 is 6.09 Å². The first kappa shape index (κ1) is 22.8. The molecule has 174 valence electrons. The molecule has 0 atom stereocenters. The first-order chi connectivity index (χ1) is 16.4. The van der Waals surface area contributed by atoms with Crippen LogP contribution >= 0.6 is 0 Å². The van der Waals surface area contributed by atoms with Gasteiger partial charge in [0.25, 0.3) is 0 Å². The fourth-order valence-corrected chi connectivity index (χ4v) is 3.74. The van der Waals surface area contributed by atoms with Gasteiger partial charge in [0.1, 0.15) is 11.5 Å². The minimum Gasteiger partial charge on any atom is -0.493 e. The summed E-state index contributed by atoms with van der Waals surface area (Å²) in [5, 5.41) is 10.6. The molecule has 0 aliphatic carbocycles. The monoisotopic (exact) mass is 459 g/mol. The van der Waals surface area contributed by atoms with Crippen LogP contribution in [-0.2, 0) is 6.54 Å². The van der Waals surface area contributed by atoms with Crippen LogP contribution in [0.2, 0.25) is 0 Å². The molecule has 2 aromatic carbocycles. The van der Waals surface area contributed by atoms with Crippen molar-refractivity contribution in [3.05, 3.63) is 77.7 Å². The Morgan fingerprint density at radius 2 is 1.65 bits per heavy atom. The second-order valence-corrected chi connectivity index (χ2v) is 7.73. The predicted molar refractivity (Wildman–Crippen MR) is 129 cm³/mol. The average molecular weight is 460 g/mol. The van der Waals surface area contributed by atoms with Gasteiger partial charge < -0.3 is 19.3 Å². The number of methoxy groups -OCH3 is 2. The Morgan fingerprint density at radius 1 is 0.882 bits per heavy atom. The minimum absolute atomic E-state index is 0.146. The molecule has 4 rings (SSSR count). The molecule has 0 bridgehead atoms. The van der Waals surface area contributed by atoms with Gasteiger partial charge in [-0.2, -0.15) is 0 Å². The highest BCUT2D eigenvalue weighted by Crippen LogP contribution is 2.38. The van der Waals surface area contributed by atoms with Gasteiger partial charge in [0.05, 0.1) is 37.7 Å². The zero-order valence-electron chi connectivity index (χ0n) is 19.4. The lowest BCUT2D eigenvalue weighted by Crippen LogP contribution is -2.29. The fourth-order valence-electron chi connectivity index (χ4n) is 3.74. The van der Waals surface area contributed by atoms with Gasteiger partial charge in [0, 0.05) is 23.8 Å². The second kappa shape index (κ2) is 9.66. The second-order valence-electron chi connectivity index (χ2n) is 7.73. The van der Waals surface area contributed by atoms with Crippen molar-refractivity contribution in [1.82, 2.24) is 9.97 Å². The Morgan fingerprint density at radius 3 is 2.32 bits per heavy atom. The zero-order chi connectivity index (χ0) is 24.2. The number of carboxylic acid groups (broad SMARTS) is 1. The van der Waals surface area contributed by atoms with Crippen molar-refractivity contribution in [3.8, 4) is 23.0 Å². The first-order valence-electron chi connectivity index (χ1n) is 10.6. The van der Waals surface area contributed by atoms with Gasteiger partial charge in [-0.15, -0.1) is 0 Å². The summed E-state index contributed by atoms with van der Waals surface area (Å²) >= 11 is 0. The summed E-state index contributed by atoms with van der Waals surface area (Å²) in [5.74, 6) is 2.37. The highest BCUT2D eigenvalue weighted by atomic mass is 16.5. The quantitative estimate of drug-likeness (QED) is 0.376. The average Bonchev–Trinajstić information content (AvgIpc) is 2.84. The van der Waals surface area contributed by atoms with E-state index in [-0.39, 0.29) is 6.54 Å². The van der Waals surface area contributed by atoms with Crippen LogP contribution in [0.4, 0.5) is 10.5 Å². The molecule has 0 radical (unpaired) electrons. The largest absolute Gasteiger partial charge is 0.493 e. The van der Waals surface area contributed by atoms with E-state index >= 15 is 0 Å². The summed E-state index contributed by atoms with van der Waals surface area (Å²) in [6, 6.07) is 14.5. The van der Waals surface area contributed by atoms with E-state index in [1.807, 2.05) is 38.1 Å². The third kappa shape index (κ3) is 4.56. The molecule has 2 heterocycles. The maximum Gasteiger partial charge on any atom is 0.412 e. The summed E-state index contributed by atoms with van der Waals surface area (Å²) in [6.45, 7) is 3.88. The molecule has 0 aliphatic rings. The number of hydrogen-bond donors (Lipinski definition) is 1. The number of pyridine rings is 2. The Kier molecular flexibility index (Phi) is 6.49. The van der Waals surface area contributed by atoms with Crippen LogP contribution in [-0.4, -0.2) is 35.4 Å². The van der Waals surface area contributed by atoms with Gasteiger partial charge in [-0.25, -0.2) is 4.79 Å². The molecule has 0 saturated carbocycles. The normalized spacial score (nSPS) is 10.7. The number of carbonyl (C=O) groups is 1. The molecule has 2 aromatic heterocycles. The molecule has 8 nitrogen and oxygen atoms in total. The number of hydrogen-bond acceptors (Lipinski definition) is 6. The van der Waals surface area contributed by atoms with Crippen LogP contribution < -0.4 is 19.1 Å². The maximum absolute atomic E-state index is 12.0. The summed E-state index contributed by atoms with van der Waals surface area (Å²) in [7, 11) is 3.15. The highest BCUT2D eigenvalue weighted by molar-refractivity contribution is 5.89. The Hall–Kier alpha value is -4.33. The van der Waals surface area contributed by atoms with Crippen molar-refractivity contribution >= 4 is 22.7 Å². The lowest BCUT2D eigenvalue weighted by Gasteiger charge is -2.23. The molecular formula is C26H25N3O5. The van der Waals surface area contributed by atoms with Crippen molar-refractivity contribution < 1.29 is 24.1 Å². The van der Waals surface area contributed by atoms with Crippen molar-refractivity contribution in [3.63, 3.8) is 0 Å². The van der Waals surface area contributed by atoms with E-state index in [0.717, 1.165) is 16.5 Å². The van der Waals surface area contributed by atoms with Crippen molar-refractivity contribution in [2.75, 3.05) is 19.1 Å². The number of aryl methyl sites for hydroxylation is 2. The summed E-state index contributed by atoms with van der Waals surface area (Å²) in [6.07, 6.45) is 2.26. The predicted octanol–water partition coefficient (Wildman–Crippen LogP) is 5.74. The lowest BCUT2D eigenvalue weighted by atomic mass is 10.1. The molecule has 1 amide bonds. The van der Waals surface area contributed by atoms with E-state index in [9.17, 15) is 9.90 Å². The van der Waals surface area contributed by atoms with Crippen LogP contribution in [0.25, 0.3) is 10.9 Å². The third-order valence-electron chi connectivity index (χ3n) is 5.49. The zero-order valence-corrected chi connectivity index (χ0v) is 19.4. The molecule has 0 aliphatic heterocycles. The fraction of sp³-hybridized carbons (Fsp3) is 0.192. The Bertz CT molecular complexity index is 1340. The molecule has 4 aromatic rings. The van der Waals surface area contributed by atoms with E-state index in [1.54, 1.807) is 50.9 Å². The molecule has 8 heteroatoms.